The quantitative estimate of drug-likeness (QED) is 0.263. The molecule has 0 atom stereocenters. The molecule has 202 valence electrons. The second-order valence-electron chi connectivity index (χ2n) is 9.61. The van der Waals surface area contributed by atoms with E-state index in [2.05, 4.69) is 50.7 Å². The molecule has 0 unspecified atom stereocenters. The minimum Gasteiger partial charge on any atom is -0.492 e. The van der Waals surface area contributed by atoms with Crippen LogP contribution in [0.3, 0.4) is 0 Å². The number of nitrogens with one attached hydrogen (secondary N) is 3. The van der Waals surface area contributed by atoms with Crippen molar-refractivity contribution >= 4 is 46.3 Å². The lowest BCUT2D eigenvalue weighted by Crippen LogP contribution is -2.38. The van der Waals surface area contributed by atoms with Crippen LogP contribution in [0.25, 0.3) is 0 Å². The van der Waals surface area contributed by atoms with E-state index in [1.807, 2.05) is 43.3 Å². The van der Waals surface area contributed by atoms with E-state index in [1.165, 1.54) is 0 Å². The summed E-state index contributed by atoms with van der Waals surface area (Å²) in [4.78, 5) is 22.8. The molecule has 10 heteroatoms. The smallest absolute Gasteiger partial charge is 0.229 e. The van der Waals surface area contributed by atoms with Crippen LogP contribution >= 0.6 is 11.6 Å². The summed E-state index contributed by atoms with van der Waals surface area (Å²) in [5, 5.41) is 10.5. The van der Waals surface area contributed by atoms with E-state index in [0.29, 0.717) is 35.2 Å². The van der Waals surface area contributed by atoms with Crippen molar-refractivity contribution in [2.75, 3.05) is 35.2 Å². The van der Waals surface area contributed by atoms with Crippen LogP contribution in [0.4, 0.5) is 28.8 Å². The van der Waals surface area contributed by atoms with Crippen molar-refractivity contribution in [2.24, 2.45) is 11.7 Å². The SMILES string of the molecule is CCOc1cc(N2CCC(C(N)=O)CC2)ccc1Nc1ncc(Cl)c(Nc2ccccc2CNC(C)C)n1. The summed E-state index contributed by atoms with van der Waals surface area (Å²) in [6.07, 6.45) is 3.08. The Balaban J connectivity index is 1.51. The molecule has 0 bridgehead atoms. The van der Waals surface area contributed by atoms with Crippen molar-refractivity contribution in [1.82, 2.24) is 15.3 Å². The summed E-state index contributed by atoms with van der Waals surface area (Å²) in [6.45, 7) is 8.96. The molecule has 0 saturated carbocycles. The molecular formula is C28H36ClN7O2. The third kappa shape index (κ3) is 7.05. The van der Waals surface area contributed by atoms with E-state index in [9.17, 15) is 4.79 Å². The van der Waals surface area contributed by atoms with Crippen LogP contribution in [0.2, 0.25) is 5.02 Å². The number of primary amides is 1. The van der Waals surface area contributed by atoms with Crippen molar-refractivity contribution in [3.63, 3.8) is 0 Å². The fourth-order valence-electron chi connectivity index (χ4n) is 4.38. The minimum atomic E-state index is -0.216. The van der Waals surface area contributed by atoms with Gasteiger partial charge in [-0.05, 0) is 43.5 Å². The molecule has 0 aliphatic carbocycles. The van der Waals surface area contributed by atoms with Gasteiger partial charge >= 0.3 is 0 Å². The number of piperidine rings is 1. The Bertz CT molecular complexity index is 1250. The number of hydrogen-bond acceptors (Lipinski definition) is 8. The lowest BCUT2D eigenvalue weighted by Gasteiger charge is -2.32. The molecule has 9 nitrogen and oxygen atoms in total. The number of halogens is 1. The van der Waals surface area contributed by atoms with Crippen LogP contribution < -0.4 is 31.3 Å². The van der Waals surface area contributed by atoms with Gasteiger partial charge < -0.3 is 31.3 Å². The predicted octanol–water partition coefficient (Wildman–Crippen LogP) is 5.22. The highest BCUT2D eigenvalue weighted by Gasteiger charge is 2.24. The Labute approximate surface area is 229 Å². The molecule has 1 aliphatic heterocycles. The van der Waals surface area contributed by atoms with E-state index in [-0.39, 0.29) is 11.8 Å². The lowest BCUT2D eigenvalue weighted by atomic mass is 9.96. The number of para-hydroxylation sites is 1. The summed E-state index contributed by atoms with van der Waals surface area (Å²) >= 11 is 6.46. The van der Waals surface area contributed by atoms with Gasteiger partial charge in [0, 0.05) is 49.0 Å². The molecule has 38 heavy (non-hydrogen) atoms. The van der Waals surface area contributed by atoms with Crippen LogP contribution in [0.15, 0.2) is 48.7 Å². The third-order valence-electron chi connectivity index (χ3n) is 6.49. The Morgan fingerprint density at radius 3 is 2.63 bits per heavy atom. The Hall–Kier alpha value is -3.56. The summed E-state index contributed by atoms with van der Waals surface area (Å²) in [6, 6.07) is 14.4. The molecule has 5 N–H and O–H groups in total. The van der Waals surface area contributed by atoms with Gasteiger partial charge in [-0.15, -0.1) is 0 Å². The van der Waals surface area contributed by atoms with E-state index < -0.39 is 0 Å². The maximum absolute atomic E-state index is 11.5. The summed E-state index contributed by atoms with van der Waals surface area (Å²) < 4.78 is 5.94. The van der Waals surface area contributed by atoms with Gasteiger partial charge in [-0.25, -0.2) is 4.98 Å². The van der Waals surface area contributed by atoms with Crippen LogP contribution in [0, 0.1) is 5.92 Å². The molecule has 0 spiro atoms. The number of hydrogen-bond donors (Lipinski definition) is 4. The number of aromatic nitrogens is 2. The van der Waals surface area contributed by atoms with Gasteiger partial charge in [-0.3, -0.25) is 4.79 Å². The molecule has 4 rings (SSSR count). The van der Waals surface area contributed by atoms with E-state index in [4.69, 9.17) is 22.1 Å². The van der Waals surface area contributed by atoms with E-state index in [1.54, 1.807) is 6.20 Å². The zero-order valence-corrected chi connectivity index (χ0v) is 22.9. The first kappa shape index (κ1) is 27.5. The number of amides is 1. The maximum Gasteiger partial charge on any atom is 0.229 e. The van der Waals surface area contributed by atoms with Crippen molar-refractivity contribution in [3.8, 4) is 5.75 Å². The molecule has 0 radical (unpaired) electrons. The number of nitrogens with zero attached hydrogens (tertiary/aromatic N) is 3. The van der Waals surface area contributed by atoms with Crippen molar-refractivity contribution in [3.05, 3.63) is 59.2 Å². The van der Waals surface area contributed by atoms with Gasteiger partial charge in [0.25, 0.3) is 0 Å². The summed E-state index contributed by atoms with van der Waals surface area (Å²) in [5.74, 6) is 1.33. The first-order valence-corrected chi connectivity index (χ1v) is 13.4. The highest BCUT2D eigenvalue weighted by atomic mass is 35.5. The fourth-order valence-corrected chi connectivity index (χ4v) is 4.52. The van der Waals surface area contributed by atoms with Crippen molar-refractivity contribution in [2.45, 2.75) is 46.2 Å². The minimum absolute atomic E-state index is 0.0538. The number of ether oxygens (including phenoxy) is 1. The molecule has 1 aliphatic rings. The van der Waals surface area contributed by atoms with Crippen molar-refractivity contribution in [1.29, 1.82) is 0 Å². The normalized spacial score (nSPS) is 14.0. The average Bonchev–Trinajstić information content (AvgIpc) is 2.91. The number of benzene rings is 2. The Morgan fingerprint density at radius 2 is 1.92 bits per heavy atom. The summed E-state index contributed by atoms with van der Waals surface area (Å²) in [5.41, 5.74) is 9.31. The van der Waals surface area contributed by atoms with Gasteiger partial charge in [0.1, 0.15) is 10.8 Å². The standard InChI is InChI=1S/C28H36ClN7O2/c1-4-38-25-15-21(36-13-11-19(12-14-36)26(30)37)9-10-24(25)34-28-32-17-22(29)27(35-28)33-23-8-6-5-7-20(23)16-31-18(2)3/h5-10,15,17-19,31H,4,11-14,16H2,1-3H3,(H2,30,37)(H2,32,33,34,35). The monoisotopic (exact) mass is 537 g/mol. The highest BCUT2D eigenvalue weighted by molar-refractivity contribution is 6.32. The highest BCUT2D eigenvalue weighted by Crippen LogP contribution is 2.34. The number of nitrogens with two attached hydrogens (primary N) is 1. The van der Waals surface area contributed by atoms with Gasteiger partial charge in [-0.2, -0.15) is 4.98 Å². The maximum atomic E-state index is 11.5. The van der Waals surface area contributed by atoms with Crippen LogP contribution in [0.1, 0.15) is 39.2 Å². The topological polar surface area (TPSA) is 117 Å². The van der Waals surface area contributed by atoms with E-state index in [0.717, 1.165) is 55.1 Å². The van der Waals surface area contributed by atoms with E-state index >= 15 is 0 Å². The zero-order chi connectivity index (χ0) is 27.1. The largest absolute Gasteiger partial charge is 0.492 e. The molecular weight excluding hydrogens is 502 g/mol. The summed E-state index contributed by atoms with van der Waals surface area (Å²) in [7, 11) is 0. The third-order valence-corrected chi connectivity index (χ3v) is 6.77. The number of anilines is 5. The van der Waals surface area contributed by atoms with Gasteiger partial charge in [0.15, 0.2) is 5.82 Å². The molecule has 1 aromatic heterocycles. The second-order valence-corrected chi connectivity index (χ2v) is 10.0. The molecule has 1 saturated heterocycles. The molecule has 2 aromatic carbocycles. The van der Waals surface area contributed by atoms with Gasteiger partial charge in [0.2, 0.25) is 11.9 Å². The fraction of sp³-hybridized carbons (Fsp3) is 0.393. The zero-order valence-electron chi connectivity index (χ0n) is 22.1. The number of carbonyl (C=O) groups excluding carboxylic acids is 1. The van der Waals surface area contributed by atoms with Crippen LogP contribution in [-0.4, -0.2) is 41.6 Å². The Kier molecular flexibility index (Phi) is 9.25. The lowest BCUT2D eigenvalue weighted by molar-refractivity contribution is -0.122. The Morgan fingerprint density at radius 1 is 1.16 bits per heavy atom. The second kappa shape index (κ2) is 12.8. The van der Waals surface area contributed by atoms with Crippen LogP contribution in [0.5, 0.6) is 5.75 Å². The van der Waals surface area contributed by atoms with Gasteiger partial charge in [-0.1, -0.05) is 43.6 Å². The van der Waals surface area contributed by atoms with Crippen molar-refractivity contribution < 1.29 is 9.53 Å². The van der Waals surface area contributed by atoms with Gasteiger partial charge in [0.05, 0.1) is 18.5 Å². The number of carbonyl (C=O) groups is 1. The molecule has 3 aromatic rings. The first-order valence-electron chi connectivity index (χ1n) is 13.0. The molecule has 1 fully saturated rings. The van der Waals surface area contributed by atoms with Crippen LogP contribution in [-0.2, 0) is 11.3 Å². The molecule has 1 amide bonds. The first-order chi connectivity index (χ1) is 18.3. The number of rotatable bonds is 11. The average molecular weight is 538 g/mol. The molecule has 2 heterocycles. The predicted molar refractivity (Wildman–Crippen MR) is 154 cm³/mol.